The highest BCUT2D eigenvalue weighted by atomic mass is 127. The Kier molecular flexibility index (Phi) is 5.16. The maximum absolute atomic E-state index is 11.4. The molecule has 9 heteroatoms. The Morgan fingerprint density at radius 3 is 2.96 bits per heavy atom. The van der Waals surface area contributed by atoms with E-state index in [9.17, 15) is 9.90 Å². The highest BCUT2D eigenvalue weighted by molar-refractivity contribution is 14.1. The number of benzene rings is 1. The van der Waals surface area contributed by atoms with Crippen LogP contribution in [0.5, 0.6) is 5.75 Å². The fourth-order valence-corrected chi connectivity index (χ4v) is 3.64. The van der Waals surface area contributed by atoms with Gasteiger partial charge < -0.3 is 20.1 Å². The number of carbonyl (C=O) groups is 1. The Morgan fingerprint density at radius 2 is 2.18 bits per heavy atom. The van der Waals surface area contributed by atoms with Crippen molar-refractivity contribution in [1.29, 1.82) is 0 Å². The molecule has 1 aliphatic rings. The standard InChI is InChI=1S/C19H18IN5O3/c20-13-4-5-16(14(7-13)19(26)27)28-9-12-6-11(12)8-25-10-22-24-18(25)15-2-1-3-17(21)23-15/h1-5,7,10-12H,6,8-9H2,(H2,21,23)(H,26,27)/t11-,12?/m0/s1. The average Bonchev–Trinajstić information content (AvgIpc) is 3.23. The third-order valence-electron chi connectivity index (χ3n) is 4.74. The van der Waals surface area contributed by atoms with Gasteiger partial charge in [-0.25, -0.2) is 9.78 Å². The summed E-state index contributed by atoms with van der Waals surface area (Å²) in [6.45, 7) is 1.24. The Balaban J connectivity index is 1.38. The third-order valence-corrected chi connectivity index (χ3v) is 5.41. The number of aromatic carboxylic acids is 1. The lowest BCUT2D eigenvalue weighted by Gasteiger charge is -2.10. The van der Waals surface area contributed by atoms with Crippen LogP contribution in [0, 0.1) is 15.4 Å². The number of aromatic nitrogens is 4. The van der Waals surface area contributed by atoms with Gasteiger partial charge in [0.2, 0.25) is 0 Å². The van der Waals surface area contributed by atoms with Gasteiger partial charge in [0.1, 0.15) is 29.2 Å². The zero-order chi connectivity index (χ0) is 19.7. The molecular formula is C19H18IN5O3. The molecule has 8 nitrogen and oxygen atoms in total. The Labute approximate surface area is 174 Å². The average molecular weight is 491 g/mol. The van der Waals surface area contributed by atoms with E-state index in [1.54, 1.807) is 24.5 Å². The zero-order valence-corrected chi connectivity index (χ0v) is 17.0. The number of nitrogens with two attached hydrogens (primary N) is 1. The van der Waals surface area contributed by atoms with Crippen molar-refractivity contribution in [2.75, 3.05) is 12.3 Å². The molecule has 3 N–H and O–H groups in total. The van der Waals surface area contributed by atoms with Crippen LogP contribution in [0.4, 0.5) is 5.82 Å². The molecule has 1 aromatic carbocycles. The van der Waals surface area contributed by atoms with E-state index < -0.39 is 5.97 Å². The molecule has 2 heterocycles. The summed E-state index contributed by atoms with van der Waals surface area (Å²) in [5, 5.41) is 17.5. The number of ether oxygens (including phenoxy) is 1. The number of rotatable bonds is 7. The number of hydrogen-bond donors (Lipinski definition) is 2. The SMILES string of the molecule is Nc1cccc(-c2nncn2C[C@@H]2CC2COc2ccc(I)cc2C(=O)O)n1. The maximum Gasteiger partial charge on any atom is 0.339 e. The second-order valence-electron chi connectivity index (χ2n) is 6.77. The fraction of sp³-hybridized carbons (Fsp3) is 0.263. The van der Waals surface area contributed by atoms with Crippen LogP contribution < -0.4 is 10.5 Å². The van der Waals surface area contributed by atoms with Gasteiger partial charge >= 0.3 is 5.97 Å². The predicted molar refractivity (Wildman–Crippen MR) is 111 cm³/mol. The van der Waals surface area contributed by atoms with E-state index in [1.165, 1.54) is 0 Å². The summed E-state index contributed by atoms with van der Waals surface area (Å²) in [6.07, 6.45) is 2.70. The van der Waals surface area contributed by atoms with Crippen LogP contribution in [0.25, 0.3) is 11.5 Å². The molecule has 0 saturated heterocycles. The van der Waals surface area contributed by atoms with Crippen molar-refractivity contribution in [1.82, 2.24) is 19.7 Å². The van der Waals surface area contributed by atoms with Crippen LogP contribution in [0.15, 0.2) is 42.7 Å². The van der Waals surface area contributed by atoms with Gasteiger partial charge in [0.05, 0.1) is 6.61 Å². The van der Waals surface area contributed by atoms with Gasteiger partial charge in [0.25, 0.3) is 0 Å². The molecule has 3 aromatic rings. The Bertz CT molecular complexity index is 1020. The second-order valence-corrected chi connectivity index (χ2v) is 8.01. The number of nitrogens with zero attached hydrogens (tertiary/aromatic N) is 4. The van der Waals surface area contributed by atoms with Crippen LogP contribution in [0.1, 0.15) is 16.8 Å². The molecule has 0 aliphatic heterocycles. The van der Waals surface area contributed by atoms with E-state index in [-0.39, 0.29) is 5.56 Å². The first kappa shape index (κ1) is 18.7. The van der Waals surface area contributed by atoms with Gasteiger partial charge in [-0.3, -0.25) is 0 Å². The summed E-state index contributed by atoms with van der Waals surface area (Å²) >= 11 is 2.09. The molecule has 1 unspecified atom stereocenters. The van der Waals surface area contributed by atoms with Crippen molar-refractivity contribution in [2.45, 2.75) is 13.0 Å². The number of carboxylic acid groups (broad SMARTS) is 1. The lowest BCUT2D eigenvalue weighted by Crippen LogP contribution is -2.09. The maximum atomic E-state index is 11.4. The lowest BCUT2D eigenvalue weighted by molar-refractivity contribution is 0.0691. The Hall–Kier alpha value is -2.69. The van der Waals surface area contributed by atoms with E-state index in [0.717, 1.165) is 16.5 Å². The van der Waals surface area contributed by atoms with Gasteiger partial charge in [-0.2, -0.15) is 0 Å². The van der Waals surface area contributed by atoms with Crippen molar-refractivity contribution in [3.8, 4) is 17.3 Å². The third kappa shape index (κ3) is 4.08. The van der Waals surface area contributed by atoms with Crippen molar-refractivity contribution in [3.63, 3.8) is 0 Å². The monoisotopic (exact) mass is 491 g/mol. The highest BCUT2D eigenvalue weighted by Gasteiger charge is 2.38. The van der Waals surface area contributed by atoms with Crippen molar-refractivity contribution in [2.24, 2.45) is 11.8 Å². The molecular weight excluding hydrogens is 473 g/mol. The topological polar surface area (TPSA) is 116 Å². The van der Waals surface area contributed by atoms with Crippen LogP contribution in [-0.2, 0) is 6.54 Å². The van der Waals surface area contributed by atoms with Crippen molar-refractivity contribution >= 4 is 34.4 Å². The quantitative estimate of drug-likeness (QED) is 0.489. The first-order chi connectivity index (χ1) is 13.5. The largest absolute Gasteiger partial charge is 0.492 e. The molecule has 4 rings (SSSR count). The fourth-order valence-electron chi connectivity index (χ4n) is 3.15. The molecule has 1 aliphatic carbocycles. The molecule has 2 aromatic heterocycles. The minimum absolute atomic E-state index is 0.193. The van der Waals surface area contributed by atoms with E-state index >= 15 is 0 Å². The normalized spacial score (nSPS) is 18.0. The summed E-state index contributed by atoms with van der Waals surface area (Å²) in [7, 11) is 0. The zero-order valence-electron chi connectivity index (χ0n) is 14.8. The van der Waals surface area contributed by atoms with E-state index in [0.29, 0.717) is 41.5 Å². The molecule has 2 atom stereocenters. The molecule has 0 amide bonds. The van der Waals surface area contributed by atoms with Gasteiger partial charge in [-0.05, 0) is 71.2 Å². The van der Waals surface area contributed by atoms with E-state index in [1.807, 2.05) is 22.8 Å². The number of halogens is 1. The first-order valence-corrected chi connectivity index (χ1v) is 9.85. The Morgan fingerprint density at radius 1 is 1.32 bits per heavy atom. The van der Waals surface area contributed by atoms with Crippen molar-refractivity contribution < 1.29 is 14.6 Å². The first-order valence-electron chi connectivity index (χ1n) is 8.77. The van der Waals surface area contributed by atoms with Gasteiger partial charge in [0, 0.05) is 10.1 Å². The van der Waals surface area contributed by atoms with Crippen LogP contribution in [-0.4, -0.2) is 37.4 Å². The minimum Gasteiger partial charge on any atom is -0.492 e. The molecule has 28 heavy (non-hydrogen) atoms. The molecule has 1 saturated carbocycles. The lowest BCUT2D eigenvalue weighted by atomic mass is 10.2. The summed E-state index contributed by atoms with van der Waals surface area (Å²) in [4.78, 5) is 15.7. The van der Waals surface area contributed by atoms with Crippen LogP contribution >= 0.6 is 22.6 Å². The van der Waals surface area contributed by atoms with E-state index in [2.05, 4.69) is 37.8 Å². The van der Waals surface area contributed by atoms with Crippen molar-refractivity contribution in [3.05, 3.63) is 51.9 Å². The molecule has 144 valence electrons. The number of hydrogen-bond acceptors (Lipinski definition) is 6. The van der Waals surface area contributed by atoms with E-state index in [4.69, 9.17) is 10.5 Å². The number of carboxylic acids is 1. The minimum atomic E-state index is -0.982. The van der Waals surface area contributed by atoms with Gasteiger partial charge in [-0.15, -0.1) is 10.2 Å². The number of pyridine rings is 1. The molecule has 0 spiro atoms. The smallest absolute Gasteiger partial charge is 0.339 e. The highest BCUT2D eigenvalue weighted by Crippen LogP contribution is 2.41. The number of nitrogen functional groups attached to an aromatic ring is 1. The van der Waals surface area contributed by atoms with Crippen LogP contribution in [0.2, 0.25) is 0 Å². The number of anilines is 1. The summed E-state index contributed by atoms with van der Waals surface area (Å²) < 4.78 is 8.64. The predicted octanol–water partition coefficient (Wildman–Crippen LogP) is 2.94. The second kappa shape index (κ2) is 7.74. The van der Waals surface area contributed by atoms with Crippen LogP contribution in [0.3, 0.4) is 0 Å². The summed E-state index contributed by atoms with van der Waals surface area (Å²) in [5.74, 6) is 1.34. The molecule has 0 radical (unpaired) electrons. The van der Waals surface area contributed by atoms with Gasteiger partial charge in [0.15, 0.2) is 5.82 Å². The summed E-state index contributed by atoms with van der Waals surface area (Å²) in [6, 6.07) is 10.6. The molecule has 0 bridgehead atoms. The summed E-state index contributed by atoms with van der Waals surface area (Å²) in [5.41, 5.74) is 6.64. The van der Waals surface area contributed by atoms with Gasteiger partial charge in [-0.1, -0.05) is 6.07 Å². The molecule has 1 fully saturated rings.